The predicted octanol–water partition coefficient (Wildman–Crippen LogP) is 4.95. The van der Waals surface area contributed by atoms with Crippen LogP contribution in [0.1, 0.15) is 16.7 Å². The van der Waals surface area contributed by atoms with Crippen molar-refractivity contribution in [1.82, 2.24) is 9.97 Å². The maximum atomic E-state index is 8.62. The van der Waals surface area contributed by atoms with Crippen molar-refractivity contribution in [2.75, 3.05) is 0 Å². The Bertz CT molecular complexity index is 993. The fourth-order valence-electron chi connectivity index (χ4n) is 2.86. The summed E-state index contributed by atoms with van der Waals surface area (Å²) in [5.74, 6) is 0.795. The number of nitrogens with zero attached hydrogens (tertiary/aromatic N) is 1. The first-order chi connectivity index (χ1) is 11.7. The van der Waals surface area contributed by atoms with E-state index in [9.17, 15) is 0 Å². The molecule has 24 heavy (non-hydrogen) atoms. The summed E-state index contributed by atoms with van der Waals surface area (Å²) in [4.78, 5) is 8.04. The molecule has 3 heteroatoms. The molecule has 0 unspecified atom stereocenters. The van der Waals surface area contributed by atoms with Crippen molar-refractivity contribution in [2.45, 2.75) is 6.92 Å². The first-order valence-electron chi connectivity index (χ1n) is 7.92. The SMILES string of the molecule is Cc1ccc(C(=N)c2ccccc2-c2nc3ccccc3[nH]2)cc1. The molecule has 0 saturated carbocycles. The van der Waals surface area contributed by atoms with E-state index in [0.29, 0.717) is 5.71 Å². The topological polar surface area (TPSA) is 52.5 Å². The highest BCUT2D eigenvalue weighted by atomic mass is 14.9. The Morgan fingerprint density at radius 3 is 2.38 bits per heavy atom. The molecule has 0 spiro atoms. The standard InChI is InChI=1S/C21H17N3/c1-14-10-12-15(13-11-14)20(22)16-6-2-3-7-17(16)21-23-18-8-4-5-9-19(18)24-21/h2-13,22H,1H3,(H,23,24). The predicted molar refractivity (Wildman–Crippen MR) is 98.6 cm³/mol. The first-order valence-corrected chi connectivity index (χ1v) is 7.92. The molecule has 1 heterocycles. The van der Waals surface area contributed by atoms with E-state index in [1.165, 1.54) is 5.56 Å². The molecule has 4 aromatic rings. The number of aromatic nitrogens is 2. The minimum absolute atomic E-state index is 0.506. The van der Waals surface area contributed by atoms with Gasteiger partial charge in [0.2, 0.25) is 0 Å². The molecule has 0 fully saturated rings. The van der Waals surface area contributed by atoms with Gasteiger partial charge in [-0.1, -0.05) is 66.2 Å². The highest BCUT2D eigenvalue weighted by Crippen LogP contribution is 2.25. The normalized spacial score (nSPS) is 10.9. The monoisotopic (exact) mass is 311 g/mol. The molecular formula is C21H17N3. The molecule has 0 amide bonds. The first kappa shape index (κ1) is 14.4. The second-order valence-corrected chi connectivity index (χ2v) is 5.89. The van der Waals surface area contributed by atoms with Crippen molar-refractivity contribution >= 4 is 16.7 Å². The maximum Gasteiger partial charge on any atom is 0.139 e. The van der Waals surface area contributed by atoms with Gasteiger partial charge in [-0.2, -0.15) is 0 Å². The van der Waals surface area contributed by atoms with Crippen LogP contribution in [0.5, 0.6) is 0 Å². The smallest absolute Gasteiger partial charge is 0.139 e. The summed E-state index contributed by atoms with van der Waals surface area (Å²) in [5.41, 5.74) is 6.36. The summed E-state index contributed by atoms with van der Waals surface area (Å²) in [5, 5.41) is 8.62. The number of hydrogen-bond donors (Lipinski definition) is 2. The van der Waals surface area contributed by atoms with Gasteiger partial charge in [0.25, 0.3) is 0 Å². The quantitative estimate of drug-likeness (QED) is 0.516. The van der Waals surface area contributed by atoms with Gasteiger partial charge in [0, 0.05) is 16.7 Å². The van der Waals surface area contributed by atoms with Gasteiger partial charge in [0.1, 0.15) is 5.82 Å². The summed E-state index contributed by atoms with van der Waals surface area (Å²) < 4.78 is 0. The van der Waals surface area contributed by atoms with E-state index in [-0.39, 0.29) is 0 Å². The largest absolute Gasteiger partial charge is 0.338 e. The molecule has 3 aromatic carbocycles. The number of H-pyrrole nitrogens is 1. The number of nitrogens with one attached hydrogen (secondary N) is 2. The van der Waals surface area contributed by atoms with E-state index in [1.807, 2.05) is 72.8 Å². The van der Waals surface area contributed by atoms with E-state index in [1.54, 1.807) is 0 Å². The van der Waals surface area contributed by atoms with Crippen LogP contribution in [0, 0.1) is 12.3 Å². The highest BCUT2D eigenvalue weighted by molar-refractivity contribution is 6.14. The van der Waals surface area contributed by atoms with E-state index in [0.717, 1.165) is 33.5 Å². The number of aryl methyl sites for hydroxylation is 1. The van der Waals surface area contributed by atoms with Crippen molar-refractivity contribution in [3.8, 4) is 11.4 Å². The highest BCUT2D eigenvalue weighted by Gasteiger charge is 2.14. The second-order valence-electron chi connectivity index (χ2n) is 5.89. The molecule has 0 bridgehead atoms. The van der Waals surface area contributed by atoms with Gasteiger partial charge in [0.15, 0.2) is 0 Å². The number of hydrogen-bond acceptors (Lipinski definition) is 2. The van der Waals surface area contributed by atoms with E-state index in [4.69, 9.17) is 5.41 Å². The number of fused-ring (bicyclic) bond motifs is 1. The number of imidazole rings is 1. The molecule has 0 radical (unpaired) electrons. The summed E-state index contributed by atoms with van der Waals surface area (Å²) in [6, 6.07) is 24.0. The Balaban J connectivity index is 1.83. The lowest BCUT2D eigenvalue weighted by Crippen LogP contribution is -2.04. The number of rotatable bonds is 3. The summed E-state index contributed by atoms with van der Waals surface area (Å²) in [6.45, 7) is 2.05. The van der Waals surface area contributed by atoms with Crippen molar-refractivity contribution < 1.29 is 0 Å². The third-order valence-corrected chi connectivity index (χ3v) is 4.18. The third kappa shape index (κ3) is 2.50. The minimum Gasteiger partial charge on any atom is -0.338 e. The molecule has 1 aromatic heterocycles. The molecule has 0 saturated heterocycles. The molecule has 4 rings (SSSR count). The Morgan fingerprint density at radius 2 is 1.58 bits per heavy atom. The van der Waals surface area contributed by atoms with Crippen LogP contribution in [0.4, 0.5) is 0 Å². The van der Waals surface area contributed by atoms with Gasteiger partial charge in [-0.3, -0.25) is 5.41 Å². The van der Waals surface area contributed by atoms with Crippen LogP contribution in [0.25, 0.3) is 22.4 Å². The van der Waals surface area contributed by atoms with Gasteiger partial charge < -0.3 is 4.98 Å². The molecular weight excluding hydrogens is 294 g/mol. The van der Waals surface area contributed by atoms with Crippen LogP contribution in [0.3, 0.4) is 0 Å². The van der Waals surface area contributed by atoms with Gasteiger partial charge in [-0.15, -0.1) is 0 Å². The van der Waals surface area contributed by atoms with Crippen molar-refractivity contribution in [1.29, 1.82) is 5.41 Å². The van der Waals surface area contributed by atoms with Crippen LogP contribution in [0.15, 0.2) is 72.8 Å². The lowest BCUT2D eigenvalue weighted by Gasteiger charge is -2.09. The molecule has 116 valence electrons. The van der Waals surface area contributed by atoms with Crippen LogP contribution in [-0.2, 0) is 0 Å². The number of aromatic amines is 1. The van der Waals surface area contributed by atoms with Crippen LogP contribution in [-0.4, -0.2) is 15.7 Å². The van der Waals surface area contributed by atoms with E-state index in [2.05, 4.69) is 16.9 Å². The van der Waals surface area contributed by atoms with Gasteiger partial charge in [0.05, 0.1) is 16.7 Å². The van der Waals surface area contributed by atoms with Crippen molar-refractivity contribution in [2.24, 2.45) is 0 Å². The van der Waals surface area contributed by atoms with Crippen LogP contribution in [0.2, 0.25) is 0 Å². The molecule has 3 nitrogen and oxygen atoms in total. The summed E-state index contributed by atoms with van der Waals surface area (Å²) in [7, 11) is 0. The third-order valence-electron chi connectivity index (χ3n) is 4.18. The van der Waals surface area contributed by atoms with E-state index >= 15 is 0 Å². The number of benzene rings is 3. The maximum absolute atomic E-state index is 8.62. The Morgan fingerprint density at radius 1 is 0.875 bits per heavy atom. The zero-order chi connectivity index (χ0) is 16.5. The molecule has 0 aliphatic heterocycles. The van der Waals surface area contributed by atoms with Crippen LogP contribution < -0.4 is 0 Å². The summed E-state index contributed by atoms with van der Waals surface area (Å²) in [6.07, 6.45) is 0. The van der Waals surface area contributed by atoms with Crippen molar-refractivity contribution in [3.05, 3.63) is 89.5 Å². The van der Waals surface area contributed by atoms with Gasteiger partial charge >= 0.3 is 0 Å². The van der Waals surface area contributed by atoms with Crippen LogP contribution >= 0.6 is 0 Å². The Hall–Kier alpha value is -3.20. The van der Waals surface area contributed by atoms with Gasteiger partial charge in [-0.05, 0) is 19.1 Å². The second kappa shape index (κ2) is 5.78. The fourth-order valence-corrected chi connectivity index (χ4v) is 2.86. The lowest BCUT2D eigenvalue weighted by atomic mass is 9.97. The molecule has 2 N–H and O–H groups in total. The molecule has 0 atom stereocenters. The lowest BCUT2D eigenvalue weighted by molar-refractivity contribution is 1.32. The summed E-state index contributed by atoms with van der Waals surface area (Å²) >= 11 is 0. The fraction of sp³-hybridized carbons (Fsp3) is 0.0476. The van der Waals surface area contributed by atoms with Gasteiger partial charge in [-0.25, -0.2) is 4.98 Å². The van der Waals surface area contributed by atoms with Crippen molar-refractivity contribution in [3.63, 3.8) is 0 Å². The van der Waals surface area contributed by atoms with E-state index < -0.39 is 0 Å². The minimum atomic E-state index is 0.506. The Labute approximate surface area is 140 Å². The number of para-hydroxylation sites is 2. The zero-order valence-corrected chi connectivity index (χ0v) is 13.4. The molecule has 0 aliphatic rings. The average Bonchev–Trinajstić information content (AvgIpc) is 3.06. The average molecular weight is 311 g/mol. The molecule has 0 aliphatic carbocycles. The zero-order valence-electron chi connectivity index (χ0n) is 13.4. The Kier molecular flexibility index (Phi) is 3.47.